The van der Waals surface area contributed by atoms with Crippen LogP contribution in [0.5, 0.6) is 0 Å². The molecular weight excluding hydrogens is 134 g/mol. The molecule has 0 nitrogen and oxygen atoms in total. The lowest BCUT2D eigenvalue weighted by molar-refractivity contribution is 0.141. The van der Waals surface area contributed by atoms with E-state index < -0.39 is 0 Å². The lowest BCUT2D eigenvalue weighted by Gasteiger charge is -2.25. The summed E-state index contributed by atoms with van der Waals surface area (Å²) in [7, 11) is 0. The predicted molar refractivity (Wildman–Crippen MR) is 37.4 cm³/mol. The molecule has 0 aliphatic heterocycles. The summed E-state index contributed by atoms with van der Waals surface area (Å²) in [6.07, 6.45) is 2.73. The molecule has 2 atom stereocenters. The summed E-state index contributed by atoms with van der Waals surface area (Å²) in [5.41, 5.74) is -0.339. The molecule has 0 aromatic rings. The van der Waals surface area contributed by atoms with Crippen LogP contribution in [0.4, 0.5) is 8.78 Å². The third-order valence-corrected chi connectivity index (χ3v) is 2.78. The smallest absolute Gasteiger partial charge is 0.0951 e. The molecule has 1 saturated carbocycles. The van der Waals surface area contributed by atoms with Crippen molar-refractivity contribution in [2.45, 2.75) is 26.2 Å². The number of alkyl halides is 2. The molecule has 1 aliphatic rings. The van der Waals surface area contributed by atoms with Crippen molar-refractivity contribution in [3.63, 3.8) is 0 Å². The summed E-state index contributed by atoms with van der Waals surface area (Å²) in [5, 5.41) is 0. The Balaban J connectivity index is 2.56. The van der Waals surface area contributed by atoms with Gasteiger partial charge in [0.15, 0.2) is 0 Å². The van der Waals surface area contributed by atoms with E-state index in [9.17, 15) is 8.78 Å². The molecule has 10 heavy (non-hydrogen) atoms. The number of halogens is 2. The molecular formula is C8H14F2. The number of hydrogen-bond donors (Lipinski definition) is 0. The highest BCUT2D eigenvalue weighted by Gasteiger charge is 2.38. The second-order valence-corrected chi connectivity index (χ2v) is 3.53. The number of rotatable bonds is 2. The van der Waals surface area contributed by atoms with Gasteiger partial charge in [-0.3, -0.25) is 8.78 Å². The molecule has 1 aliphatic carbocycles. The second kappa shape index (κ2) is 2.85. The van der Waals surface area contributed by atoms with Crippen molar-refractivity contribution < 1.29 is 8.78 Å². The van der Waals surface area contributed by atoms with Gasteiger partial charge in [-0.15, -0.1) is 0 Å². The van der Waals surface area contributed by atoms with E-state index in [0.717, 1.165) is 19.3 Å². The fourth-order valence-corrected chi connectivity index (χ4v) is 1.74. The van der Waals surface area contributed by atoms with Crippen LogP contribution in [0, 0.1) is 11.3 Å². The van der Waals surface area contributed by atoms with Crippen LogP contribution in [-0.4, -0.2) is 13.3 Å². The molecule has 0 aromatic carbocycles. The first-order chi connectivity index (χ1) is 4.73. The standard InChI is InChI=1S/C8H14F2/c1-8(6-10)4-2-3-7(8)5-9/h7H,2-6H2,1H3. The highest BCUT2D eigenvalue weighted by atomic mass is 19.1. The largest absolute Gasteiger partial charge is 0.251 e. The average molecular weight is 148 g/mol. The zero-order chi connectivity index (χ0) is 7.61. The minimum absolute atomic E-state index is 0.0162. The molecule has 0 N–H and O–H groups in total. The summed E-state index contributed by atoms with van der Waals surface area (Å²) in [4.78, 5) is 0. The Hall–Kier alpha value is -0.140. The minimum atomic E-state index is -0.360. The van der Waals surface area contributed by atoms with E-state index in [1.807, 2.05) is 6.92 Å². The van der Waals surface area contributed by atoms with Crippen LogP contribution < -0.4 is 0 Å². The molecule has 0 amide bonds. The van der Waals surface area contributed by atoms with Gasteiger partial charge in [0.25, 0.3) is 0 Å². The van der Waals surface area contributed by atoms with Gasteiger partial charge >= 0.3 is 0 Å². The summed E-state index contributed by atoms with van der Waals surface area (Å²) in [6.45, 7) is 1.15. The van der Waals surface area contributed by atoms with Crippen LogP contribution >= 0.6 is 0 Å². The zero-order valence-electron chi connectivity index (χ0n) is 6.37. The van der Waals surface area contributed by atoms with Gasteiger partial charge in [-0.05, 0) is 18.8 Å². The summed E-state index contributed by atoms with van der Waals surface area (Å²) in [5.74, 6) is -0.0162. The van der Waals surface area contributed by atoms with Gasteiger partial charge in [0.05, 0.1) is 13.3 Å². The fourth-order valence-electron chi connectivity index (χ4n) is 1.74. The average Bonchev–Trinajstić information content (AvgIpc) is 2.32. The molecule has 2 heteroatoms. The van der Waals surface area contributed by atoms with Crippen molar-refractivity contribution in [1.29, 1.82) is 0 Å². The van der Waals surface area contributed by atoms with Crippen LogP contribution in [0.15, 0.2) is 0 Å². The highest BCUT2D eigenvalue weighted by molar-refractivity contribution is 4.87. The predicted octanol–water partition coefficient (Wildman–Crippen LogP) is 2.73. The SMILES string of the molecule is CC1(CF)CCCC1CF. The Labute approximate surface area is 60.6 Å². The zero-order valence-corrected chi connectivity index (χ0v) is 6.37. The first kappa shape index (κ1) is 7.96. The molecule has 0 saturated heterocycles. The van der Waals surface area contributed by atoms with Crippen LogP contribution in [0.25, 0.3) is 0 Å². The van der Waals surface area contributed by atoms with Crippen LogP contribution in [0.1, 0.15) is 26.2 Å². The molecule has 2 unspecified atom stereocenters. The third-order valence-electron chi connectivity index (χ3n) is 2.78. The molecule has 0 spiro atoms. The molecule has 0 aromatic heterocycles. The molecule has 0 heterocycles. The van der Waals surface area contributed by atoms with E-state index >= 15 is 0 Å². The Morgan fingerprint density at radius 1 is 1.50 bits per heavy atom. The Morgan fingerprint density at radius 3 is 2.60 bits per heavy atom. The Morgan fingerprint density at radius 2 is 2.20 bits per heavy atom. The molecule has 0 bridgehead atoms. The van der Waals surface area contributed by atoms with Gasteiger partial charge in [0.2, 0.25) is 0 Å². The van der Waals surface area contributed by atoms with Gasteiger partial charge in [0, 0.05) is 5.41 Å². The quantitative estimate of drug-likeness (QED) is 0.564. The van der Waals surface area contributed by atoms with Gasteiger partial charge in [-0.2, -0.15) is 0 Å². The van der Waals surface area contributed by atoms with Crippen molar-refractivity contribution in [2.75, 3.05) is 13.3 Å². The maximum atomic E-state index is 12.4. The van der Waals surface area contributed by atoms with Gasteiger partial charge in [-0.1, -0.05) is 13.3 Å². The van der Waals surface area contributed by atoms with Gasteiger partial charge in [-0.25, -0.2) is 0 Å². The normalized spacial score (nSPS) is 40.5. The van der Waals surface area contributed by atoms with Gasteiger partial charge in [0.1, 0.15) is 0 Å². The highest BCUT2D eigenvalue weighted by Crippen LogP contribution is 2.43. The van der Waals surface area contributed by atoms with Crippen molar-refractivity contribution >= 4 is 0 Å². The van der Waals surface area contributed by atoms with E-state index in [2.05, 4.69) is 0 Å². The first-order valence-electron chi connectivity index (χ1n) is 3.85. The summed E-state index contributed by atoms with van der Waals surface area (Å²) >= 11 is 0. The first-order valence-corrected chi connectivity index (χ1v) is 3.85. The topological polar surface area (TPSA) is 0 Å². The lowest BCUT2D eigenvalue weighted by Crippen LogP contribution is -2.25. The maximum Gasteiger partial charge on any atom is 0.0951 e. The van der Waals surface area contributed by atoms with E-state index in [-0.39, 0.29) is 24.7 Å². The Bertz CT molecular complexity index is 114. The van der Waals surface area contributed by atoms with Crippen LogP contribution in [-0.2, 0) is 0 Å². The lowest BCUT2D eigenvalue weighted by atomic mass is 9.82. The fraction of sp³-hybridized carbons (Fsp3) is 1.00. The maximum absolute atomic E-state index is 12.4. The Kier molecular flexibility index (Phi) is 2.27. The molecule has 1 fully saturated rings. The third kappa shape index (κ3) is 1.16. The van der Waals surface area contributed by atoms with E-state index in [4.69, 9.17) is 0 Å². The van der Waals surface area contributed by atoms with Gasteiger partial charge < -0.3 is 0 Å². The van der Waals surface area contributed by atoms with Crippen molar-refractivity contribution in [3.05, 3.63) is 0 Å². The van der Waals surface area contributed by atoms with E-state index in [1.54, 1.807) is 0 Å². The summed E-state index contributed by atoms with van der Waals surface area (Å²) in [6, 6.07) is 0. The van der Waals surface area contributed by atoms with Crippen LogP contribution in [0.3, 0.4) is 0 Å². The second-order valence-electron chi connectivity index (χ2n) is 3.53. The van der Waals surface area contributed by atoms with Crippen molar-refractivity contribution in [3.8, 4) is 0 Å². The van der Waals surface area contributed by atoms with E-state index in [1.165, 1.54) is 0 Å². The van der Waals surface area contributed by atoms with Crippen molar-refractivity contribution in [2.24, 2.45) is 11.3 Å². The van der Waals surface area contributed by atoms with E-state index in [0.29, 0.717) is 0 Å². The molecule has 1 rings (SSSR count). The van der Waals surface area contributed by atoms with Crippen LogP contribution in [0.2, 0.25) is 0 Å². The molecule has 0 radical (unpaired) electrons. The monoisotopic (exact) mass is 148 g/mol. The number of hydrogen-bond acceptors (Lipinski definition) is 0. The van der Waals surface area contributed by atoms with Crippen molar-refractivity contribution in [1.82, 2.24) is 0 Å². The molecule has 60 valence electrons. The minimum Gasteiger partial charge on any atom is -0.251 e. The summed E-state index contributed by atoms with van der Waals surface area (Å²) < 4.78 is 24.6.